The Hall–Kier alpha value is -0.410. The molecular formula is C13H24N2O. The molecule has 3 heteroatoms. The number of carbonyl (C=O) groups is 1. The van der Waals surface area contributed by atoms with Gasteiger partial charge in [0.25, 0.3) is 0 Å². The van der Waals surface area contributed by atoms with Crippen molar-refractivity contribution in [1.82, 2.24) is 9.80 Å². The highest BCUT2D eigenvalue weighted by Crippen LogP contribution is 2.25. The van der Waals surface area contributed by atoms with Gasteiger partial charge in [-0.25, -0.2) is 0 Å². The summed E-state index contributed by atoms with van der Waals surface area (Å²) in [5, 5.41) is 0. The Labute approximate surface area is 98.8 Å². The van der Waals surface area contributed by atoms with Crippen LogP contribution in [0.3, 0.4) is 0 Å². The highest BCUT2D eigenvalue weighted by molar-refractivity contribution is 5.83. The summed E-state index contributed by atoms with van der Waals surface area (Å²) in [7, 11) is 2.19. The zero-order valence-corrected chi connectivity index (χ0v) is 10.8. The molecule has 92 valence electrons. The molecule has 0 bridgehead atoms. The minimum atomic E-state index is 0.250. The molecule has 1 saturated heterocycles. The quantitative estimate of drug-likeness (QED) is 0.708. The molecule has 1 aliphatic carbocycles. The van der Waals surface area contributed by atoms with Gasteiger partial charge in [-0.1, -0.05) is 0 Å². The lowest BCUT2D eigenvalue weighted by molar-refractivity contribution is -0.121. The molecule has 3 nitrogen and oxygen atoms in total. The Bertz CT molecular complexity index is 275. The van der Waals surface area contributed by atoms with Crippen molar-refractivity contribution >= 4 is 5.78 Å². The number of piperazine rings is 1. The van der Waals surface area contributed by atoms with Crippen LogP contribution in [0.25, 0.3) is 0 Å². The van der Waals surface area contributed by atoms with E-state index in [1.807, 2.05) is 0 Å². The molecule has 16 heavy (non-hydrogen) atoms. The van der Waals surface area contributed by atoms with Gasteiger partial charge in [0.15, 0.2) is 0 Å². The molecule has 2 rings (SSSR count). The minimum Gasteiger partial charge on any atom is -0.300 e. The number of likely N-dealkylation sites (N-methyl/N-ethyl adjacent to an activating group) is 1. The molecule has 0 aromatic heterocycles. The number of carbonyl (C=O) groups excluding carboxylic acids is 1. The summed E-state index contributed by atoms with van der Waals surface area (Å²) in [4.78, 5) is 16.5. The Kier molecular flexibility index (Phi) is 3.36. The number of ketones is 1. The number of hydrogen-bond donors (Lipinski definition) is 0. The zero-order valence-electron chi connectivity index (χ0n) is 10.8. The van der Waals surface area contributed by atoms with Gasteiger partial charge in [-0.2, -0.15) is 0 Å². The van der Waals surface area contributed by atoms with E-state index in [-0.39, 0.29) is 5.54 Å². The van der Waals surface area contributed by atoms with Gasteiger partial charge in [0.2, 0.25) is 0 Å². The SMILES string of the molecule is CN1CCN(CC2CCCC2=O)CC1(C)C. The third kappa shape index (κ3) is 2.46. The first-order chi connectivity index (χ1) is 7.49. The van der Waals surface area contributed by atoms with Gasteiger partial charge >= 0.3 is 0 Å². The topological polar surface area (TPSA) is 23.6 Å². The second-order valence-electron chi connectivity index (χ2n) is 6.02. The lowest BCUT2D eigenvalue weighted by Gasteiger charge is -2.45. The third-order valence-electron chi connectivity index (χ3n) is 4.31. The van der Waals surface area contributed by atoms with Crippen molar-refractivity contribution in [1.29, 1.82) is 0 Å². The molecular weight excluding hydrogens is 200 g/mol. The summed E-state index contributed by atoms with van der Waals surface area (Å²) < 4.78 is 0. The van der Waals surface area contributed by atoms with Crippen LogP contribution in [-0.2, 0) is 4.79 Å². The number of nitrogens with zero attached hydrogens (tertiary/aromatic N) is 2. The lowest BCUT2D eigenvalue weighted by Crippen LogP contribution is -2.58. The molecule has 2 fully saturated rings. The zero-order chi connectivity index (χ0) is 11.8. The summed E-state index contributed by atoms with van der Waals surface area (Å²) in [5.74, 6) is 0.830. The molecule has 0 amide bonds. The van der Waals surface area contributed by atoms with Crippen molar-refractivity contribution < 1.29 is 4.79 Å². The Morgan fingerprint density at radius 3 is 2.69 bits per heavy atom. The summed E-state index contributed by atoms with van der Waals surface area (Å²) in [5.41, 5.74) is 0.250. The van der Waals surface area contributed by atoms with Crippen LogP contribution in [0.2, 0.25) is 0 Å². The van der Waals surface area contributed by atoms with E-state index in [4.69, 9.17) is 0 Å². The normalized spacial score (nSPS) is 32.2. The van der Waals surface area contributed by atoms with E-state index in [2.05, 4.69) is 30.7 Å². The first-order valence-electron chi connectivity index (χ1n) is 6.45. The first-order valence-corrected chi connectivity index (χ1v) is 6.45. The van der Waals surface area contributed by atoms with Crippen molar-refractivity contribution in [2.24, 2.45) is 5.92 Å². The Morgan fingerprint density at radius 2 is 2.12 bits per heavy atom. The third-order valence-corrected chi connectivity index (χ3v) is 4.31. The summed E-state index contributed by atoms with van der Waals surface area (Å²) in [6.07, 6.45) is 3.05. The Balaban J connectivity index is 1.89. The molecule has 2 aliphatic rings. The smallest absolute Gasteiger partial charge is 0.137 e. The fourth-order valence-corrected chi connectivity index (χ4v) is 2.89. The molecule has 1 saturated carbocycles. The van der Waals surface area contributed by atoms with E-state index in [0.29, 0.717) is 11.7 Å². The van der Waals surface area contributed by atoms with Gasteiger partial charge in [0, 0.05) is 44.1 Å². The molecule has 0 N–H and O–H groups in total. The van der Waals surface area contributed by atoms with E-state index in [9.17, 15) is 4.79 Å². The highest BCUT2D eigenvalue weighted by Gasteiger charge is 2.33. The van der Waals surface area contributed by atoms with Gasteiger partial charge in [0.05, 0.1) is 0 Å². The molecule has 0 spiro atoms. The van der Waals surface area contributed by atoms with Crippen LogP contribution < -0.4 is 0 Å². The molecule has 1 aliphatic heterocycles. The van der Waals surface area contributed by atoms with E-state index in [0.717, 1.165) is 45.4 Å². The molecule has 0 radical (unpaired) electrons. The summed E-state index contributed by atoms with van der Waals surface area (Å²) in [6.45, 7) is 8.90. The van der Waals surface area contributed by atoms with Crippen molar-refractivity contribution in [3.05, 3.63) is 0 Å². The van der Waals surface area contributed by atoms with Crippen molar-refractivity contribution in [2.45, 2.75) is 38.6 Å². The summed E-state index contributed by atoms with van der Waals surface area (Å²) in [6, 6.07) is 0. The van der Waals surface area contributed by atoms with Crippen LogP contribution >= 0.6 is 0 Å². The maximum atomic E-state index is 11.6. The van der Waals surface area contributed by atoms with E-state index < -0.39 is 0 Å². The predicted molar refractivity (Wildman–Crippen MR) is 65.5 cm³/mol. The van der Waals surface area contributed by atoms with E-state index in [1.54, 1.807) is 0 Å². The van der Waals surface area contributed by atoms with Crippen LogP contribution in [0, 0.1) is 5.92 Å². The van der Waals surface area contributed by atoms with Crippen LogP contribution in [0.4, 0.5) is 0 Å². The second kappa shape index (κ2) is 4.46. The largest absolute Gasteiger partial charge is 0.300 e. The summed E-state index contributed by atoms with van der Waals surface area (Å²) >= 11 is 0. The molecule has 0 aromatic rings. The van der Waals surface area contributed by atoms with Crippen molar-refractivity contribution in [3.8, 4) is 0 Å². The fraction of sp³-hybridized carbons (Fsp3) is 0.923. The van der Waals surface area contributed by atoms with Crippen molar-refractivity contribution in [2.75, 3.05) is 33.2 Å². The average Bonchev–Trinajstić information content (AvgIpc) is 2.58. The standard InChI is InChI=1S/C13H24N2O/c1-13(2)10-15(8-7-14(13)3)9-11-5-4-6-12(11)16/h11H,4-10H2,1-3H3. The second-order valence-corrected chi connectivity index (χ2v) is 6.02. The van der Waals surface area contributed by atoms with Crippen LogP contribution in [0.15, 0.2) is 0 Å². The number of hydrogen-bond acceptors (Lipinski definition) is 3. The fourth-order valence-electron chi connectivity index (χ4n) is 2.89. The van der Waals surface area contributed by atoms with Gasteiger partial charge in [-0.05, 0) is 33.7 Å². The van der Waals surface area contributed by atoms with Gasteiger partial charge < -0.3 is 0 Å². The van der Waals surface area contributed by atoms with Gasteiger partial charge in [0.1, 0.15) is 5.78 Å². The molecule has 1 atom stereocenters. The maximum Gasteiger partial charge on any atom is 0.137 e. The lowest BCUT2D eigenvalue weighted by atomic mass is 9.98. The number of Topliss-reactive ketones (excluding diaryl/α,β-unsaturated/α-hetero) is 1. The average molecular weight is 224 g/mol. The van der Waals surface area contributed by atoms with E-state index in [1.165, 1.54) is 0 Å². The van der Waals surface area contributed by atoms with Gasteiger partial charge in [-0.15, -0.1) is 0 Å². The minimum absolute atomic E-state index is 0.250. The molecule has 1 heterocycles. The highest BCUT2D eigenvalue weighted by atomic mass is 16.1. The maximum absolute atomic E-state index is 11.6. The van der Waals surface area contributed by atoms with Crippen LogP contribution in [0.5, 0.6) is 0 Å². The predicted octanol–water partition coefficient (Wildman–Crippen LogP) is 1.38. The van der Waals surface area contributed by atoms with E-state index >= 15 is 0 Å². The molecule has 0 aromatic carbocycles. The van der Waals surface area contributed by atoms with Crippen LogP contribution in [-0.4, -0.2) is 54.3 Å². The number of rotatable bonds is 2. The van der Waals surface area contributed by atoms with Crippen LogP contribution in [0.1, 0.15) is 33.1 Å². The van der Waals surface area contributed by atoms with Crippen molar-refractivity contribution in [3.63, 3.8) is 0 Å². The first kappa shape index (κ1) is 12.1. The Morgan fingerprint density at radius 1 is 1.38 bits per heavy atom. The molecule has 1 unspecified atom stereocenters. The van der Waals surface area contributed by atoms with Gasteiger partial charge in [-0.3, -0.25) is 14.6 Å². The monoisotopic (exact) mass is 224 g/mol.